The third-order valence-corrected chi connectivity index (χ3v) is 3.15. The lowest BCUT2D eigenvalue weighted by Gasteiger charge is -2.05. The van der Waals surface area contributed by atoms with Crippen LogP contribution in [0.1, 0.15) is 15.6 Å². The molecule has 19 heavy (non-hydrogen) atoms. The smallest absolute Gasteiger partial charge is 0.239 e. The third kappa shape index (κ3) is 7.31. The molecule has 0 atom stereocenters. The van der Waals surface area contributed by atoms with Gasteiger partial charge in [-0.2, -0.15) is 0 Å². The molecule has 0 aromatic carbocycles. The van der Waals surface area contributed by atoms with E-state index in [4.69, 9.17) is 5.73 Å². The molecule has 1 heterocycles. The molecule has 0 bridgehead atoms. The minimum atomic E-state index is -0.343. The molecule has 0 unspecified atom stereocenters. The highest BCUT2D eigenvalue weighted by Crippen LogP contribution is 2.16. The molecule has 1 rings (SSSR count). The first-order valence-corrected chi connectivity index (χ1v) is 6.01. The SMILES string of the molecule is Cc1nc(C)c(CNC(=O)CNC(=O)CN)s1.Cl.Cl. The Balaban J connectivity index is 0. The summed E-state index contributed by atoms with van der Waals surface area (Å²) in [6.07, 6.45) is 0. The van der Waals surface area contributed by atoms with Gasteiger partial charge in [0.25, 0.3) is 0 Å². The summed E-state index contributed by atoms with van der Waals surface area (Å²) in [5.74, 6) is -0.581. The number of amides is 2. The molecule has 0 aliphatic carbocycles. The van der Waals surface area contributed by atoms with Crippen LogP contribution in [-0.4, -0.2) is 29.9 Å². The molecular weight excluding hydrogens is 311 g/mol. The molecule has 0 radical (unpaired) electrons. The summed E-state index contributed by atoms with van der Waals surface area (Å²) in [4.78, 5) is 27.5. The summed E-state index contributed by atoms with van der Waals surface area (Å²) < 4.78 is 0. The maximum atomic E-state index is 11.4. The van der Waals surface area contributed by atoms with Gasteiger partial charge in [-0.05, 0) is 13.8 Å². The zero-order valence-corrected chi connectivity index (χ0v) is 13.1. The van der Waals surface area contributed by atoms with Gasteiger partial charge in [-0.3, -0.25) is 9.59 Å². The van der Waals surface area contributed by atoms with E-state index in [0.29, 0.717) is 6.54 Å². The number of thiazole rings is 1. The predicted octanol–water partition coefficient (Wildman–Crippen LogP) is 0.295. The van der Waals surface area contributed by atoms with Crippen molar-refractivity contribution in [3.05, 3.63) is 15.6 Å². The summed E-state index contributed by atoms with van der Waals surface area (Å²) in [5.41, 5.74) is 6.02. The third-order valence-electron chi connectivity index (χ3n) is 2.08. The van der Waals surface area contributed by atoms with Crippen LogP contribution in [0, 0.1) is 13.8 Å². The summed E-state index contributed by atoms with van der Waals surface area (Å²) in [5, 5.41) is 6.08. The van der Waals surface area contributed by atoms with Crippen molar-refractivity contribution >= 4 is 48.0 Å². The van der Waals surface area contributed by atoms with Gasteiger partial charge in [-0.15, -0.1) is 36.2 Å². The van der Waals surface area contributed by atoms with Crippen LogP contribution in [0.15, 0.2) is 0 Å². The van der Waals surface area contributed by atoms with Crippen LogP contribution in [0.2, 0.25) is 0 Å². The molecule has 0 fully saturated rings. The monoisotopic (exact) mass is 328 g/mol. The van der Waals surface area contributed by atoms with Gasteiger partial charge < -0.3 is 16.4 Å². The Morgan fingerprint density at radius 2 is 1.84 bits per heavy atom. The molecule has 1 aromatic rings. The van der Waals surface area contributed by atoms with Gasteiger partial charge in [0.15, 0.2) is 0 Å². The summed E-state index contributed by atoms with van der Waals surface area (Å²) >= 11 is 1.55. The number of nitrogens with zero attached hydrogens (tertiary/aromatic N) is 1. The molecule has 6 nitrogen and oxygen atoms in total. The van der Waals surface area contributed by atoms with E-state index in [9.17, 15) is 9.59 Å². The van der Waals surface area contributed by atoms with E-state index in [0.717, 1.165) is 15.6 Å². The van der Waals surface area contributed by atoms with Crippen LogP contribution in [0.25, 0.3) is 0 Å². The van der Waals surface area contributed by atoms with Gasteiger partial charge in [0, 0.05) is 4.88 Å². The molecule has 2 amide bonds. The first-order valence-electron chi connectivity index (χ1n) is 5.19. The molecule has 0 aliphatic rings. The number of carbonyl (C=O) groups is 2. The quantitative estimate of drug-likeness (QED) is 0.723. The average molecular weight is 329 g/mol. The fourth-order valence-electron chi connectivity index (χ4n) is 1.23. The number of hydrogen-bond donors (Lipinski definition) is 3. The number of nitrogens with one attached hydrogen (secondary N) is 2. The second-order valence-corrected chi connectivity index (χ2v) is 4.79. The van der Waals surface area contributed by atoms with Crippen LogP contribution in [0.4, 0.5) is 0 Å². The Labute approximate surface area is 128 Å². The number of nitrogens with two attached hydrogens (primary N) is 1. The highest BCUT2D eigenvalue weighted by atomic mass is 35.5. The molecule has 110 valence electrons. The minimum Gasteiger partial charge on any atom is -0.350 e. The van der Waals surface area contributed by atoms with E-state index < -0.39 is 0 Å². The van der Waals surface area contributed by atoms with Crippen LogP contribution < -0.4 is 16.4 Å². The molecule has 0 spiro atoms. The van der Waals surface area contributed by atoms with Gasteiger partial charge >= 0.3 is 0 Å². The fourth-order valence-corrected chi connectivity index (χ4v) is 2.11. The summed E-state index contributed by atoms with van der Waals surface area (Å²) in [6.45, 7) is 4.10. The lowest BCUT2D eigenvalue weighted by atomic mass is 10.4. The highest BCUT2D eigenvalue weighted by Gasteiger charge is 2.07. The van der Waals surface area contributed by atoms with Gasteiger partial charge in [-0.25, -0.2) is 4.98 Å². The maximum Gasteiger partial charge on any atom is 0.239 e. The van der Waals surface area contributed by atoms with Crippen LogP contribution in [0.5, 0.6) is 0 Å². The van der Waals surface area contributed by atoms with Crippen molar-refractivity contribution in [3.63, 3.8) is 0 Å². The van der Waals surface area contributed by atoms with Crippen LogP contribution >= 0.6 is 36.2 Å². The number of rotatable bonds is 5. The lowest BCUT2D eigenvalue weighted by molar-refractivity contribution is -0.125. The number of aryl methyl sites for hydroxylation is 2. The standard InChI is InChI=1S/C10H16N4O2S.2ClH/c1-6-8(17-7(2)14-6)4-12-10(16)5-13-9(15)3-11;;/h3-5,11H2,1-2H3,(H,12,16)(H,13,15);2*1H. The Hall–Kier alpha value is -0.890. The van der Waals surface area contributed by atoms with Gasteiger partial charge in [0.2, 0.25) is 11.8 Å². The van der Waals surface area contributed by atoms with E-state index in [-0.39, 0.29) is 49.7 Å². The van der Waals surface area contributed by atoms with Crippen molar-refractivity contribution in [2.75, 3.05) is 13.1 Å². The highest BCUT2D eigenvalue weighted by molar-refractivity contribution is 7.11. The van der Waals surface area contributed by atoms with Gasteiger partial charge in [0.05, 0.1) is 30.3 Å². The molecule has 0 saturated heterocycles. The predicted molar refractivity (Wildman–Crippen MR) is 80.0 cm³/mol. The minimum absolute atomic E-state index is 0. The average Bonchev–Trinajstić information content (AvgIpc) is 2.62. The van der Waals surface area contributed by atoms with Gasteiger partial charge in [0.1, 0.15) is 0 Å². The van der Waals surface area contributed by atoms with Crippen molar-refractivity contribution in [1.29, 1.82) is 0 Å². The molecular formula is C10H18Cl2N4O2S. The second-order valence-electron chi connectivity index (χ2n) is 3.50. The molecule has 0 aliphatic heterocycles. The number of aromatic nitrogens is 1. The lowest BCUT2D eigenvalue weighted by Crippen LogP contribution is -2.39. The normalized spacial score (nSPS) is 9.00. The van der Waals surface area contributed by atoms with Crippen molar-refractivity contribution < 1.29 is 9.59 Å². The van der Waals surface area contributed by atoms with E-state index in [1.807, 2.05) is 13.8 Å². The molecule has 4 N–H and O–H groups in total. The Morgan fingerprint density at radius 1 is 1.21 bits per heavy atom. The maximum absolute atomic E-state index is 11.4. The second kappa shape index (κ2) is 9.96. The largest absolute Gasteiger partial charge is 0.350 e. The Bertz CT molecular complexity index is 426. The Morgan fingerprint density at radius 3 is 2.32 bits per heavy atom. The first-order chi connectivity index (χ1) is 8.02. The van der Waals surface area contributed by atoms with Crippen molar-refractivity contribution in [3.8, 4) is 0 Å². The Kier molecular flexibility index (Phi) is 10.7. The molecule has 1 aromatic heterocycles. The van der Waals surface area contributed by atoms with E-state index in [1.165, 1.54) is 0 Å². The fraction of sp³-hybridized carbons (Fsp3) is 0.500. The van der Waals surface area contributed by atoms with Crippen LogP contribution in [0.3, 0.4) is 0 Å². The zero-order chi connectivity index (χ0) is 12.8. The summed E-state index contributed by atoms with van der Waals surface area (Å²) in [6, 6.07) is 0. The van der Waals surface area contributed by atoms with E-state index in [1.54, 1.807) is 11.3 Å². The number of halogens is 2. The first kappa shape index (κ1) is 20.4. The zero-order valence-electron chi connectivity index (χ0n) is 10.7. The number of hydrogen-bond acceptors (Lipinski definition) is 5. The van der Waals surface area contributed by atoms with E-state index in [2.05, 4.69) is 15.6 Å². The summed E-state index contributed by atoms with van der Waals surface area (Å²) in [7, 11) is 0. The van der Waals surface area contributed by atoms with Crippen LogP contribution in [-0.2, 0) is 16.1 Å². The van der Waals surface area contributed by atoms with Crippen molar-refractivity contribution in [1.82, 2.24) is 15.6 Å². The topological polar surface area (TPSA) is 97.1 Å². The molecule has 0 saturated carbocycles. The van der Waals surface area contributed by atoms with E-state index >= 15 is 0 Å². The van der Waals surface area contributed by atoms with Crippen molar-refractivity contribution in [2.24, 2.45) is 5.73 Å². The van der Waals surface area contributed by atoms with Gasteiger partial charge in [-0.1, -0.05) is 0 Å². The number of carbonyl (C=O) groups excluding carboxylic acids is 2. The molecule has 9 heteroatoms. The van der Waals surface area contributed by atoms with Crippen molar-refractivity contribution in [2.45, 2.75) is 20.4 Å².